The van der Waals surface area contributed by atoms with Crippen LogP contribution in [0.5, 0.6) is 0 Å². The quantitative estimate of drug-likeness (QED) is 0.665. The van der Waals surface area contributed by atoms with Crippen LogP contribution in [-0.2, 0) is 4.79 Å². The van der Waals surface area contributed by atoms with Crippen molar-refractivity contribution in [1.82, 2.24) is 4.98 Å². The number of anilines is 1. The van der Waals surface area contributed by atoms with Gasteiger partial charge in [0.1, 0.15) is 5.82 Å². The molecule has 0 aliphatic rings. The number of amides is 1. The van der Waals surface area contributed by atoms with Gasteiger partial charge in [0.05, 0.1) is 0 Å². The number of nitrogens with zero attached hydrogens (tertiary/aromatic N) is 1. The van der Waals surface area contributed by atoms with Crippen LogP contribution in [0.3, 0.4) is 0 Å². The number of hydrogen-bond acceptors (Lipinski definition) is 3. The molecule has 4 nitrogen and oxygen atoms in total. The van der Waals surface area contributed by atoms with E-state index in [2.05, 4.69) is 10.3 Å². The van der Waals surface area contributed by atoms with Gasteiger partial charge in [0.25, 0.3) is 0 Å². The predicted octanol–water partition coefficient (Wildman–Crippen LogP) is 0.622. The van der Waals surface area contributed by atoms with Gasteiger partial charge in [0.2, 0.25) is 5.91 Å². The van der Waals surface area contributed by atoms with Gasteiger partial charge >= 0.3 is 0 Å². The molecule has 0 bridgehead atoms. The fraction of sp³-hybridized carbons (Fsp3) is 0.111. The number of carbonyl (C=O) groups excluding carboxylic acids is 1. The third-order valence-corrected chi connectivity index (χ3v) is 1.48. The molecule has 68 valence electrons. The molecule has 0 saturated heterocycles. The topological polar surface area (TPSA) is 68.0 Å². The summed E-state index contributed by atoms with van der Waals surface area (Å²) in [6, 6.07) is 3.67. The maximum absolute atomic E-state index is 10.4. The first kappa shape index (κ1) is 9.25. The molecule has 4 heteroatoms. The molecule has 1 aromatic rings. The molecular weight excluding hydrogens is 166 g/mol. The van der Waals surface area contributed by atoms with Gasteiger partial charge in [-0.05, 0) is 23.8 Å². The van der Waals surface area contributed by atoms with E-state index in [1.165, 1.54) is 6.08 Å². The van der Waals surface area contributed by atoms with Crippen LogP contribution in [0.2, 0.25) is 0 Å². The normalized spacial score (nSPS) is 10.2. The maximum atomic E-state index is 10.4. The molecular formula is C9H11N3O. The van der Waals surface area contributed by atoms with Crippen molar-refractivity contribution >= 4 is 17.8 Å². The molecule has 1 heterocycles. The van der Waals surface area contributed by atoms with Crippen molar-refractivity contribution in [2.24, 2.45) is 5.73 Å². The van der Waals surface area contributed by atoms with Crippen LogP contribution in [0.1, 0.15) is 5.56 Å². The summed E-state index contributed by atoms with van der Waals surface area (Å²) in [7, 11) is 1.79. The molecule has 0 aliphatic carbocycles. The van der Waals surface area contributed by atoms with Crippen LogP contribution in [0.25, 0.3) is 6.08 Å². The van der Waals surface area contributed by atoms with Crippen LogP contribution in [0.4, 0.5) is 5.82 Å². The molecule has 0 aliphatic heterocycles. The number of primary amides is 1. The zero-order chi connectivity index (χ0) is 9.68. The Labute approximate surface area is 76.5 Å². The number of nitrogens with two attached hydrogens (primary N) is 1. The zero-order valence-corrected chi connectivity index (χ0v) is 7.32. The van der Waals surface area contributed by atoms with Gasteiger partial charge in [0.15, 0.2) is 0 Å². The highest BCUT2D eigenvalue weighted by Gasteiger charge is 1.90. The van der Waals surface area contributed by atoms with Crippen LogP contribution < -0.4 is 11.1 Å². The van der Waals surface area contributed by atoms with Crippen LogP contribution in [0.15, 0.2) is 24.4 Å². The van der Waals surface area contributed by atoms with Crippen molar-refractivity contribution in [2.45, 2.75) is 0 Å². The summed E-state index contributed by atoms with van der Waals surface area (Å²) in [6.07, 6.45) is 4.58. The largest absolute Gasteiger partial charge is 0.373 e. The van der Waals surface area contributed by atoms with Crippen molar-refractivity contribution in [1.29, 1.82) is 0 Å². The molecule has 0 saturated carbocycles. The summed E-state index contributed by atoms with van der Waals surface area (Å²) >= 11 is 0. The average Bonchev–Trinajstić information content (AvgIpc) is 2.15. The van der Waals surface area contributed by atoms with Crippen LogP contribution in [-0.4, -0.2) is 17.9 Å². The lowest BCUT2D eigenvalue weighted by Gasteiger charge is -1.97. The second-order valence-corrected chi connectivity index (χ2v) is 2.46. The fourth-order valence-corrected chi connectivity index (χ4v) is 0.830. The molecule has 1 amide bonds. The lowest BCUT2D eigenvalue weighted by Crippen LogP contribution is -2.05. The number of aromatic nitrogens is 1. The van der Waals surface area contributed by atoms with Gasteiger partial charge in [-0.1, -0.05) is 0 Å². The van der Waals surface area contributed by atoms with E-state index in [1.54, 1.807) is 19.3 Å². The molecule has 1 rings (SSSR count). The van der Waals surface area contributed by atoms with Crippen LogP contribution in [0, 0.1) is 0 Å². The first-order valence-electron chi connectivity index (χ1n) is 3.83. The summed E-state index contributed by atoms with van der Waals surface area (Å²) in [5, 5.41) is 2.89. The molecule has 0 aromatic carbocycles. The molecule has 1 aromatic heterocycles. The first-order chi connectivity index (χ1) is 6.22. The number of nitrogens with one attached hydrogen (secondary N) is 1. The lowest BCUT2D eigenvalue weighted by atomic mass is 10.2. The summed E-state index contributed by atoms with van der Waals surface area (Å²) in [5.74, 6) is 0.328. The highest BCUT2D eigenvalue weighted by atomic mass is 16.1. The van der Waals surface area contributed by atoms with E-state index in [-0.39, 0.29) is 0 Å². The number of pyridine rings is 1. The van der Waals surface area contributed by atoms with E-state index in [1.807, 2.05) is 12.1 Å². The second-order valence-electron chi connectivity index (χ2n) is 2.46. The molecule has 3 N–H and O–H groups in total. The summed E-state index contributed by atoms with van der Waals surface area (Å²) in [6.45, 7) is 0. The highest BCUT2D eigenvalue weighted by molar-refractivity contribution is 5.90. The third-order valence-electron chi connectivity index (χ3n) is 1.48. The zero-order valence-electron chi connectivity index (χ0n) is 7.32. The summed E-state index contributed by atoms with van der Waals surface area (Å²) in [5.41, 5.74) is 5.78. The standard InChI is InChI=1S/C9H11N3O/c1-11-9-5-3-7(6-12-9)2-4-8(10)13/h2-6H,1H3,(H2,10,13)(H,11,12)/b4-2+. The summed E-state index contributed by atoms with van der Waals surface area (Å²) < 4.78 is 0. The van der Waals surface area contributed by atoms with Crippen molar-refractivity contribution in [3.05, 3.63) is 30.0 Å². The average molecular weight is 177 g/mol. The third kappa shape index (κ3) is 2.94. The highest BCUT2D eigenvalue weighted by Crippen LogP contribution is 2.05. The minimum Gasteiger partial charge on any atom is -0.373 e. The Morgan fingerprint density at radius 3 is 2.85 bits per heavy atom. The van der Waals surface area contributed by atoms with Gasteiger partial charge in [-0.2, -0.15) is 0 Å². The van der Waals surface area contributed by atoms with Crippen molar-refractivity contribution in [3.8, 4) is 0 Å². The fourth-order valence-electron chi connectivity index (χ4n) is 0.830. The van der Waals surface area contributed by atoms with E-state index < -0.39 is 5.91 Å². The van der Waals surface area contributed by atoms with Gasteiger partial charge in [0, 0.05) is 19.3 Å². The minimum absolute atomic E-state index is 0.460. The Kier molecular flexibility index (Phi) is 3.03. The summed E-state index contributed by atoms with van der Waals surface area (Å²) in [4.78, 5) is 14.5. The Morgan fingerprint density at radius 1 is 1.62 bits per heavy atom. The van der Waals surface area contributed by atoms with Gasteiger partial charge in [-0.3, -0.25) is 4.79 Å². The number of hydrogen-bond donors (Lipinski definition) is 2. The van der Waals surface area contributed by atoms with Crippen molar-refractivity contribution < 1.29 is 4.79 Å². The monoisotopic (exact) mass is 177 g/mol. The van der Waals surface area contributed by atoms with E-state index >= 15 is 0 Å². The smallest absolute Gasteiger partial charge is 0.241 e. The molecule has 13 heavy (non-hydrogen) atoms. The first-order valence-corrected chi connectivity index (χ1v) is 3.83. The van der Waals surface area contributed by atoms with Crippen molar-refractivity contribution in [2.75, 3.05) is 12.4 Å². The Bertz CT molecular complexity index is 316. The number of carbonyl (C=O) groups is 1. The molecule has 0 unspecified atom stereocenters. The van der Waals surface area contributed by atoms with Gasteiger partial charge < -0.3 is 11.1 Å². The number of rotatable bonds is 3. The molecule has 0 radical (unpaired) electrons. The Balaban J connectivity index is 2.75. The minimum atomic E-state index is -0.460. The molecule has 0 spiro atoms. The van der Waals surface area contributed by atoms with E-state index in [0.29, 0.717) is 0 Å². The van der Waals surface area contributed by atoms with E-state index in [4.69, 9.17) is 5.73 Å². The van der Waals surface area contributed by atoms with Gasteiger partial charge in [-0.15, -0.1) is 0 Å². The SMILES string of the molecule is CNc1ccc(/C=C/C(N)=O)cn1. The predicted molar refractivity (Wildman–Crippen MR) is 52.0 cm³/mol. The lowest BCUT2D eigenvalue weighted by molar-refractivity contribution is -0.113. The van der Waals surface area contributed by atoms with E-state index in [9.17, 15) is 4.79 Å². The molecule has 0 fully saturated rings. The van der Waals surface area contributed by atoms with E-state index in [0.717, 1.165) is 11.4 Å². The molecule has 0 atom stereocenters. The second kappa shape index (κ2) is 4.25. The van der Waals surface area contributed by atoms with Gasteiger partial charge in [-0.25, -0.2) is 4.98 Å². The Morgan fingerprint density at radius 2 is 2.38 bits per heavy atom. The van der Waals surface area contributed by atoms with Crippen LogP contribution >= 0.6 is 0 Å². The van der Waals surface area contributed by atoms with Crippen molar-refractivity contribution in [3.63, 3.8) is 0 Å². The maximum Gasteiger partial charge on any atom is 0.241 e. The Hall–Kier alpha value is -1.84.